The largest absolute Gasteiger partial charge is 0.343 e. The van der Waals surface area contributed by atoms with Gasteiger partial charge in [-0.3, -0.25) is 9.69 Å². The maximum absolute atomic E-state index is 12.3. The zero-order valence-corrected chi connectivity index (χ0v) is 13.9. The Labute approximate surface area is 139 Å². The van der Waals surface area contributed by atoms with Gasteiger partial charge in [0.1, 0.15) is 4.32 Å². The minimum absolute atomic E-state index is 0.00180. The van der Waals surface area contributed by atoms with Crippen LogP contribution in [0.5, 0.6) is 0 Å². The van der Waals surface area contributed by atoms with Crippen molar-refractivity contribution in [1.29, 1.82) is 0 Å². The summed E-state index contributed by atoms with van der Waals surface area (Å²) < 4.78 is 2.77. The highest BCUT2D eigenvalue weighted by Gasteiger charge is 2.30. The molecule has 1 aromatic heterocycles. The molecule has 0 spiro atoms. The monoisotopic (exact) mass is 328 g/mol. The van der Waals surface area contributed by atoms with Crippen molar-refractivity contribution in [3.63, 3.8) is 0 Å². The Morgan fingerprint density at radius 2 is 2.14 bits per heavy atom. The normalized spacial score (nSPS) is 17.0. The molecule has 1 saturated heterocycles. The molecule has 0 radical (unpaired) electrons. The molecular weight excluding hydrogens is 312 g/mol. The number of likely N-dealkylation sites (N-methyl/N-ethyl adjacent to an activating group) is 1. The van der Waals surface area contributed by atoms with E-state index in [-0.39, 0.29) is 5.91 Å². The van der Waals surface area contributed by atoms with E-state index in [1.54, 1.807) is 4.90 Å². The maximum atomic E-state index is 12.3. The predicted molar refractivity (Wildman–Crippen MR) is 97.7 cm³/mol. The molecule has 5 heteroatoms. The number of nitrogens with zero attached hydrogens (tertiary/aromatic N) is 2. The Morgan fingerprint density at radius 1 is 1.36 bits per heavy atom. The first-order valence-electron chi connectivity index (χ1n) is 7.09. The maximum Gasteiger partial charge on any atom is 0.266 e. The van der Waals surface area contributed by atoms with E-state index in [9.17, 15) is 4.79 Å². The van der Waals surface area contributed by atoms with Crippen LogP contribution in [-0.2, 0) is 11.3 Å². The fourth-order valence-electron chi connectivity index (χ4n) is 2.59. The van der Waals surface area contributed by atoms with Crippen LogP contribution in [0.1, 0.15) is 12.5 Å². The van der Waals surface area contributed by atoms with Crippen LogP contribution in [0, 0.1) is 0 Å². The Bertz CT molecular complexity index is 804. The molecule has 1 aliphatic heterocycles. The van der Waals surface area contributed by atoms with E-state index < -0.39 is 0 Å². The summed E-state index contributed by atoms with van der Waals surface area (Å²) in [7, 11) is 0. The smallest absolute Gasteiger partial charge is 0.266 e. The topological polar surface area (TPSA) is 25.2 Å². The Morgan fingerprint density at radius 3 is 2.82 bits per heavy atom. The van der Waals surface area contributed by atoms with Gasteiger partial charge >= 0.3 is 0 Å². The fourth-order valence-corrected chi connectivity index (χ4v) is 3.97. The van der Waals surface area contributed by atoms with Crippen molar-refractivity contribution in [1.82, 2.24) is 9.47 Å². The van der Waals surface area contributed by atoms with Crippen molar-refractivity contribution in [3.05, 3.63) is 53.6 Å². The fraction of sp³-hybridized carbons (Fsp3) is 0.176. The molecule has 0 atom stereocenters. The number of thioether (sulfide) groups is 1. The molecule has 112 valence electrons. The molecule has 0 bridgehead atoms. The van der Waals surface area contributed by atoms with E-state index in [2.05, 4.69) is 29.5 Å². The third-order valence-electron chi connectivity index (χ3n) is 3.62. The van der Waals surface area contributed by atoms with Gasteiger partial charge in [-0.25, -0.2) is 0 Å². The molecule has 22 heavy (non-hydrogen) atoms. The summed E-state index contributed by atoms with van der Waals surface area (Å²) >= 11 is 6.63. The molecule has 0 saturated carbocycles. The van der Waals surface area contributed by atoms with E-state index in [1.165, 1.54) is 11.8 Å². The Hall–Kier alpha value is -1.85. The Kier molecular flexibility index (Phi) is 4.18. The van der Waals surface area contributed by atoms with Gasteiger partial charge in [-0.15, -0.1) is 6.58 Å². The molecule has 1 fully saturated rings. The number of carbonyl (C=O) groups is 1. The lowest BCUT2D eigenvalue weighted by Gasteiger charge is -2.09. The van der Waals surface area contributed by atoms with E-state index in [4.69, 9.17) is 12.2 Å². The zero-order valence-electron chi connectivity index (χ0n) is 12.3. The van der Waals surface area contributed by atoms with Gasteiger partial charge < -0.3 is 4.57 Å². The van der Waals surface area contributed by atoms with Gasteiger partial charge in [-0.05, 0) is 19.1 Å². The molecule has 1 amide bonds. The zero-order chi connectivity index (χ0) is 15.7. The van der Waals surface area contributed by atoms with Crippen molar-refractivity contribution < 1.29 is 4.79 Å². The number of para-hydroxylation sites is 1. The van der Waals surface area contributed by atoms with Gasteiger partial charge in [-0.1, -0.05) is 48.3 Å². The first kappa shape index (κ1) is 15.1. The lowest BCUT2D eigenvalue weighted by molar-refractivity contribution is -0.121. The molecule has 1 aliphatic rings. The van der Waals surface area contributed by atoms with Gasteiger partial charge in [0.25, 0.3) is 5.91 Å². The van der Waals surface area contributed by atoms with E-state index in [0.717, 1.165) is 23.0 Å². The molecule has 2 heterocycles. The van der Waals surface area contributed by atoms with E-state index in [1.807, 2.05) is 31.2 Å². The second-order valence-electron chi connectivity index (χ2n) is 4.97. The van der Waals surface area contributed by atoms with Crippen molar-refractivity contribution in [2.45, 2.75) is 13.5 Å². The van der Waals surface area contributed by atoms with Crippen LogP contribution in [0.2, 0.25) is 0 Å². The number of hydrogen-bond acceptors (Lipinski definition) is 3. The van der Waals surface area contributed by atoms with Crippen LogP contribution < -0.4 is 0 Å². The average Bonchev–Trinajstić information content (AvgIpc) is 2.99. The van der Waals surface area contributed by atoms with Crippen LogP contribution in [0.4, 0.5) is 0 Å². The van der Waals surface area contributed by atoms with Crippen LogP contribution in [0.15, 0.2) is 48.0 Å². The van der Waals surface area contributed by atoms with Crippen molar-refractivity contribution in [2.24, 2.45) is 0 Å². The first-order valence-corrected chi connectivity index (χ1v) is 8.32. The number of carbonyl (C=O) groups excluding carboxylic acids is 1. The number of amides is 1. The molecule has 3 nitrogen and oxygen atoms in total. The molecule has 0 N–H and O–H groups in total. The van der Waals surface area contributed by atoms with Crippen molar-refractivity contribution in [3.8, 4) is 0 Å². The van der Waals surface area contributed by atoms with E-state index >= 15 is 0 Å². The van der Waals surface area contributed by atoms with Crippen LogP contribution in [0.25, 0.3) is 17.0 Å². The number of hydrogen-bond donors (Lipinski definition) is 0. The van der Waals surface area contributed by atoms with Gasteiger partial charge in [0.2, 0.25) is 0 Å². The van der Waals surface area contributed by atoms with Crippen LogP contribution >= 0.6 is 24.0 Å². The summed E-state index contributed by atoms with van der Waals surface area (Å²) in [6.45, 7) is 7.09. The SMILES string of the molecule is C=CCn1cc(C=C2SC(=S)N(CC)C2=O)c2ccccc21. The lowest BCUT2D eigenvalue weighted by atomic mass is 10.1. The first-order chi connectivity index (χ1) is 10.7. The number of allylic oxidation sites excluding steroid dienone is 1. The van der Waals surface area contributed by atoms with Crippen LogP contribution in [0.3, 0.4) is 0 Å². The number of thiocarbonyl (C=S) groups is 1. The second kappa shape index (κ2) is 6.10. The number of rotatable bonds is 4. The molecule has 0 aliphatic carbocycles. The van der Waals surface area contributed by atoms with Gasteiger partial charge in [0.05, 0.1) is 4.91 Å². The summed E-state index contributed by atoms with van der Waals surface area (Å²) in [5.41, 5.74) is 2.17. The molecule has 1 aromatic carbocycles. The standard InChI is InChI=1S/C17H16N2OS2/c1-3-9-18-11-12(13-7-5-6-8-14(13)18)10-15-16(20)19(4-2)17(21)22-15/h3,5-8,10-11H,1,4,9H2,2H3. The van der Waals surface area contributed by atoms with E-state index in [0.29, 0.717) is 15.8 Å². The lowest BCUT2D eigenvalue weighted by Crippen LogP contribution is -2.27. The number of benzene rings is 1. The molecular formula is C17H16N2OS2. The second-order valence-corrected chi connectivity index (χ2v) is 6.64. The highest BCUT2D eigenvalue weighted by molar-refractivity contribution is 8.26. The predicted octanol–water partition coefficient (Wildman–Crippen LogP) is 4.05. The summed E-state index contributed by atoms with van der Waals surface area (Å²) in [5, 5.41) is 1.13. The summed E-state index contributed by atoms with van der Waals surface area (Å²) in [6, 6.07) is 8.17. The minimum atomic E-state index is -0.00180. The van der Waals surface area contributed by atoms with Crippen molar-refractivity contribution in [2.75, 3.05) is 6.54 Å². The Balaban J connectivity index is 2.08. The van der Waals surface area contributed by atoms with Gasteiger partial charge in [-0.2, -0.15) is 0 Å². The minimum Gasteiger partial charge on any atom is -0.343 e. The summed E-state index contributed by atoms with van der Waals surface area (Å²) in [5.74, 6) is -0.00180. The highest BCUT2D eigenvalue weighted by Crippen LogP contribution is 2.34. The average molecular weight is 328 g/mol. The quantitative estimate of drug-likeness (QED) is 0.481. The summed E-state index contributed by atoms with van der Waals surface area (Å²) in [6.07, 6.45) is 5.87. The molecule has 0 unspecified atom stereocenters. The number of fused-ring (bicyclic) bond motifs is 1. The number of aromatic nitrogens is 1. The van der Waals surface area contributed by atoms with Crippen LogP contribution in [-0.4, -0.2) is 26.2 Å². The third kappa shape index (κ3) is 2.51. The van der Waals surface area contributed by atoms with Gasteiger partial charge in [0.15, 0.2) is 0 Å². The van der Waals surface area contributed by atoms with Gasteiger partial charge in [0, 0.05) is 35.8 Å². The molecule has 3 rings (SSSR count). The third-order valence-corrected chi connectivity index (χ3v) is 5.00. The highest BCUT2D eigenvalue weighted by atomic mass is 32.2. The molecule has 2 aromatic rings. The van der Waals surface area contributed by atoms with Crippen molar-refractivity contribution >= 4 is 51.2 Å². The summed E-state index contributed by atoms with van der Waals surface area (Å²) in [4.78, 5) is 14.7.